The fourth-order valence-electron chi connectivity index (χ4n) is 3.44. The minimum absolute atomic E-state index is 0.169. The van der Waals surface area contributed by atoms with Crippen molar-refractivity contribution in [1.82, 2.24) is 15.6 Å². The van der Waals surface area contributed by atoms with Gasteiger partial charge in [-0.2, -0.15) is 0 Å². The van der Waals surface area contributed by atoms with Gasteiger partial charge in [0.25, 0.3) is 5.91 Å². The van der Waals surface area contributed by atoms with E-state index in [1.807, 2.05) is 38.1 Å². The fourth-order valence-corrected chi connectivity index (χ4v) is 3.44. The molecule has 0 spiro atoms. The second-order valence-electron chi connectivity index (χ2n) is 7.15. The predicted molar refractivity (Wildman–Crippen MR) is 119 cm³/mol. The van der Waals surface area contributed by atoms with E-state index in [4.69, 9.17) is 4.74 Å². The summed E-state index contributed by atoms with van der Waals surface area (Å²) >= 11 is 0. The average molecular weight is 399 g/mol. The van der Waals surface area contributed by atoms with Crippen molar-refractivity contribution in [3.8, 4) is 5.75 Å². The summed E-state index contributed by atoms with van der Waals surface area (Å²) < 4.78 is 6.05. The molecule has 0 heterocycles. The van der Waals surface area contributed by atoms with E-state index in [1.165, 1.54) is 18.9 Å². The Hall–Kier alpha value is -2.60. The van der Waals surface area contributed by atoms with Crippen LogP contribution >= 0.6 is 0 Å². The van der Waals surface area contributed by atoms with Crippen LogP contribution in [0, 0.1) is 0 Å². The lowest BCUT2D eigenvalue weighted by molar-refractivity contribution is -0.145. The summed E-state index contributed by atoms with van der Waals surface area (Å²) in [7, 11) is 1.78. The van der Waals surface area contributed by atoms with E-state index in [2.05, 4.69) is 23.6 Å². The van der Waals surface area contributed by atoms with Gasteiger partial charge in [-0.25, -0.2) is 0 Å². The van der Waals surface area contributed by atoms with Gasteiger partial charge in [0.05, 0.1) is 17.5 Å². The molecule has 0 radical (unpaired) electrons. The number of nitrogens with zero attached hydrogens (tertiary/aromatic N) is 3. The molecule has 1 N–H and O–H groups in total. The first-order valence-electron chi connectivity index (χ1n) is 10.4. The normalized spacial score (nSPS) is 14.7. The van der Waals surface area contributed by atoms with E-state index < -0.39 is 0 Å². The van der Waals surface area contributed by atoms with Crippen LogP contribution in [0.1, 0.15) is 51.5 Å². The number of aliphatic imine (C=N–C) groups is 1. The van der Waals surface area contributed by atoms with E-state index in [1.54, 1.807) is 17.2 Å². The van der Waals surface area contributed by atoms with Gasteiger partial charge in [0.15, 0.2) is 0 Å². The minimum atomic E-state index is -0.169. The number of carbonyl (C=O) groups excluding carboxylic acids is 1. The first-order valence-corrected chi connectivity index (χ1v) is 10.4. The molecule has 0 unspecified atom stereocenters. The topological polar surface area (TPSA) is 57.2 Å². The second kappa shape index (κ2) is 11.4. The largest absolute Gasteiger partial charge is 0.490 e. The van der Waals surface area contributed by atoms with Crippen LogP contribution in [0.25, 0.3) is 0 Å². The number of nitrogens with one attached hydrogen (secondary N) is 1. The van der Waals surface area contributed by atoms with Crippen LogP contribution in [-0.2, 0) is 4.79 Å². The Morgan fingerprint density at radius 3 is 2.48 bits per heavy atom. The first-order chi connectivity index (χ1) is 14.0. The summed E-state index contributed by atoms with van der Waals surface area (Å²) in [5, 5.41) is 3.22. The van der Waals surface area contributed by atoms with Gasteiger partial charge in [-0.15, -0.1) is 5.12 Å². The Morgan fingerprint density at radius 1 is 1.28 bits per heavy atom. The third-order valence-corrected chi connectivity index (χ3v) is 4.86. The smallest absolute Gasteiger partial charge is 0.261 e. The number of carbonyl (C=O) groups is 1. The van der Waals surface area contributed by atoms with E-state index in [0.29, 0.717) is 24.9 Å². The van der Waals surface area contributed by atoms with Gasteiger partial charge in [0.1, 0.15) is 5.75 Å². The highest BCUT2D eigenvalue weighted by molar-refractivity contribution is 6.11. The quantitative estimate of drug-likeness (QED) is 0.346. The number of amides is 1. The Kier molecular flexibility index (Phi) is 8.93. The minimum Gasteiger partial charge on any atom is -0.490 e. The molecule has 0 saturated heterocycles. The Morgan fingerprint density at radius 2 is 1.93 bits per heavy atom. The molecule has 29 heavy (non-hydrogen) atoms. The molecule has 1 fully saturated rings. The summed E-state index contributed by atoms with van der Waals surface area (Å²) in [5.41, 5.74) is 5.50. The number of rotatable bonds is 11. The van der Waals surface area contributed by atoms with Crippen LogP contribution in [0.2, 0.25) is 0 Å². The third kappa shape index (κ3) is 6.46. The maximum Gasteiger partial charge on any atom is 0.261 e. The number of hydrazine groups is 2. The monoisotopic (exact) mass is 398 g/mol. The van der Waals surface area contributed by atoms with Crippen LogP contribution in [0.4, 0.5) is 0 Å². The zero-order valence-electron chi connectivity index (χ0n) is 18.0. The molecule has 1 aliphatic carbocycles. The van der Waals surface area contributed by atoms with Gasteiger partial charge in [0.2, 0.25) is 0 Å². The fraction of sp³-hybridized carbons (Fsp3) is 0.478. The molecule has 6 nitrogen and oxygen atoms in total. The maximum absolute atomic E-state index is 12.1. The lowest BCUT2D eigenvalue weighted by Crippen LogP contribution is -2.51. The predicted octanol–water partition coefficient (Wildman–Crippen LogP) is 4.11. The van der Waals surface area contributed by atoms with E-state index >= 15 is 0 Å². The molecule has 1 aliphatic rings. The van der Waals surface area contributed by atoms with Gasteiger partial charge in [0, 0.05) is 25.7 Å². The lowest BCUT2D eigenvalue weighted by atomic mass is 10.1. The molecule has 1 amide bonds. The molecular weight excluding hydrogens is 364 g/mol. The number of ether oxygens (including phenoxy) is 1. The Bertz CT molecular complexity index is 721. The lowest BCUT2D eigenvalue weighted by Gasteiger charge is -2.32. The average Bonchev–Trinajstić information content (AvgIpc) is 3.23. The van der Waals surface area contributed by atoms with Crippen molar-refractivity contribution in [3.05, 3.63) is 54.8 Å². The first kappa shape index (κ1) is 22.7. The summed E-state index contributed by atoms with van der Waals surface area (Å²) in [6.45, 7) is 12.9. The van der Waals surface area contributed by atoms with Crippen LogP contribution in [-0.4, -0.2) is 48.0 Å². The van der Waals surface area contributed by atoms with Gasteiger partial charge in [-0.05, 0) is 69.4 Å². The second-order valence-corrected chi connectivity index (χ2v) is 7.15. The van der Waals surface area contributed by atoms with Crippen molar-refractivity contribution in [3.63, 3.8) is 0 Å². The molecule has 0 aromatic heterocycles. The van der Waals surface area contributed by atoms with Crippen molar-refractivity contribution >= 4 is 11.6 Å². The van der Waals surface area contributed by atoms with E-state index in [-0.39, 0.29) is 5.91 Å². The molecule has 1 aromatic carbocycles. The van der Waals surface area contributed by atoms with Crippen LogP contribution in [0.15, 0.2) is 54.2 Å². The molecule has 6 heteroatoms. The van der Waals surface area contributed by atoms with Crippen molar-refractivity contribution in [2.75, 3.05) is 20.1 Å². The third-order valence-electron chi connectivity index (χ3n) is 4.86. The van der Waals surface area contributed by atoms with Crippen molar-refractivity contribution in [1.29, 1.82) is 0 Å². The van der Waals surface area contributed by atoms with Crippen molar-refractivity contribution < 1.29 is 9.53 Å². The summed E-state index contributed by atoms with van der Waals surface area (Å²) in [4.78, 5) is 16.7. The number of allylic oxidation sites excluding steroid dienone is 1. The van der Waals surface area contributed by atoms with Crippen LogP contribution in [0.5, 0.6) is 5.75 Å². The standard InChI is InChI=1S/C23H34N4O2/c1-6-17-27(22(28)7-2)26(5)25-18(4)23(24-8-3)19-13-15-21(16-14-19)29-20-11-9-10-12-20/h7,13-16,20,25H,2,4,6,8-12,17H2,1,3,5H3/b24-23+. The van der Waals surface area contributed by atoms with Gasteiger partial charge in [-0.3, -0.25) is 20.2 Å². The van der Waals surface area contributed by atoms with Gasteiger partial charge >= 0.3 is 0 Å². The van der Waals surface area contributed by atoms with Crippen LogP contribution < -0.4 is 10.2 Å². The number of benzene rings is 1. The zero-order valence-corrected chi connectivity index (χ0v) is 18.0. The van der Waals surface area contributed by atoms with Crippen LogP contribution in [0.3, 0.4) is 0 Å². The molecule has 0 bridgehead atoms. The molecule has 0 atom stereocenters. The molecule has 158 valence electrons. The zero-order chi connectivity index (χ0) is 21.2. The summed E-state index contributed by atoms with van der Waals surface area (Å²) in [5.74, 6) is 0.718. The summed E-state index contributed by atoms with van der Waals surface area (Å²) in [6.07, 6.45) is 7.24. The Balaban J connectivity index is 2.09. The number of hydrogen-bond donors (Lipinski definition) is 1. The van der Waals surface area contributed by atoms with Crippen molar-refractivity contribution in [2.24, 2.45) is 4.99 Å². The highest BCUT2D eigenvalue weighted by Gasteiger charge is 2.19. The van der Waals surface area contributed by atoms with Gasteiger partial charge in [-0.1, -0.05) is 20.1 Å². The van der Waals surface area contributed by atoms with E-state index in [0.717, 1.165) is 36.3 Å². The summed E-state index contributed by atoms with van der Waals surface area (Å²) in [6, 6.07) is 7.98. The SMILES string of the molecule is C=CC(=O)N(CCC)N(C)NC(=C)/C(=N\CC)c1ccc(OC2CCCC2)cc1. The highest BCUT2D eigenvalue weighted by Crippen LogP contribution is 2.24. The van der Waals surface area contributed by atoms with Gasteiger partial charge < -0.3 is 4.74 Å². The molecule has 1 aromatic rings. The Labute approximate surface area is 174 Å². The number of hydrogen-bond acceptors (Lipinski definition) is 5. The molecule has 1 saturated carbocycles. The molecule has 2 rings (SSSR count). The highest BCUT2D eigenvalue weighted by atomic mass is 16.5. The molecular formula is C23H34N4O2. The van der Waals surface area contributed by atoms with E-state index in [9.17, 15) is 4.79 Å². The maximum atomic E-state index is 12.1. The van der Waals surface area contributed by atoms with Crippen molar-refractivity contribution in [2.45, 2.75) is 52.1 Å². The molecule has 0 aliphatic heterocycles.